The summed E-state index contributed by atoms with van der Waals surface area (Å²) in [6.07, 6.45) is 0. The number of rotatable bonds is 6. The van der Waals surface area contributed by atoms with Gasteiger partial charge in [-0.15, -0.1) is 0 Å². The van der Waals surface area contributed by atoms with Crippen molar-refractivity contribution in [1.29, 1.82) is 0 Å². The molecule has 0 saturated carbocycles. The van der Waals surface area contributed by atoms with Crippen LogP contribution in [-0.4, -0.2) is 32.1 Å². The van der Waals surface area contributed by atoms with Gasteiger partial charge in [-0.1, -0.05) is 35.9 Å². The first-order chi connectivity index (χ1) is 17.8. The van der Waals surface area contributed by atoms with E-state index in [0.29, 0.717) is 45.9 Å². The zero-order valence-electron chi connectivity index (χ0n) is 21.8. The van der Waals surface area contributed by atoms with Crippen LogP contribution >= 0.6 is 0 Å². The molecule has 0 spiro atoms. The number of amides is 1. The third-order valence-corrected chi connectivity index (χ3v) is 6.87. The highest BCUT2D eigenvalue weighted by molar-refractivity contribution is 5.99. The normalized spacial score (nSPS) is 14.7. The van der Waals surface area contributed by atoms with Crippen LogP contribution in [0.3, 0.4) is 0 Å². The highest BCUT2D eigenvalue weighted by Crippen LogP contribution is 2.45. The first-order valence-electron chi connectivity index (χ1n) is 12.0. The fourth-order valence-electron chi connectivity index (χ4n) is 5.13. The van der Waals surface area contributed by atoms with Crippen LogP contribution in [0.5, 0.6) is 17.2 Å². The Morgan fingerprint density at radius 1 is 0.838 bits per heavy atom. The van der Waals surface area contributed by atoms with E-state index in [-0.39, 0.29) is 17.1 Å². The molecule has 0 aliphatic carbocycles. The van der Waals surface area contributed by atoms with E-state index in [4.69, 9.17) is 18.6 Å². The summed E-state index contributed by atoms with van der Waals surface area (Å²) in [4.78, 5) is 29.5. The van der Waals surface area contributed by atoms with Gasteiger partial charge in [-0.05, 0) is 61.2 Å². The van der Waals surface area contributed by atoms with Gasteiger partial charge in [0.05, 0.1) is 38.3 Å². The number of carbonyl (C=O) groups excluding carboxylic acids is 1. The minimum Gasteiger partial charge on any atom is -0.493 e. The van der Waals surface area contributed by atoms with Gasteiger partial charge in [0, 0.05) is 6.54 Å². The maximum Gasteiger partial charge on any atom is 0.291 e. The van der Waals surface area contributed by atoms with Crippen molar-refractivity contribution in [2.45, 2.75) is 33.4 Å². The maximum atomic E-state index is 14.0. The Hall–Kier alpha value is -4.26. The first-order valence-corrected chi connectivity index (χ1v) is 12.0. The minimum absolute atomic E-state index is 0.0651. The molecule has 0 N–H and O–H groups in total. The van der Waals surface area contributed by atoms with Crippen LogP contribution < -0.4 is 19.6 Å². The Morgan fingerprint density at radius 3 is 2.08 bits per heavy atom. The molecule has 1 aliphatic rings. The molecular weight excluding hydrogens is 470 g/mol. The van der Waals surface area contributed by atoms with E-state index in [2.05, 4.69) is 0 Å². The van der Waals surface area contributed by atoms with E-state index >= 15 is 0 Å². The number of aryl methyl sites for hydroxylation is 3. The lowest BCUT2D eigenvalue weighted by Gasteiger charge is -2.26. The molecule has 37 heavy (non-hydrogen) atoms. The molecule has 3 aromatic carbocycles. The summed E-state index contributed by atoms with van der Waals surface area (Å²) in [7, 11) is 4.60. The third-order valence-electron chi connectivity index (χ3n) is 6.87. The minimum atomic E-state index is -0.709. The standard InChI is InChI=1S/C30H29NO6/c1-16-7-9-19(10-8-16)15-31-25(20-13-22(34-4)28(36-6)23(14-20)35-5)24-26(32)21-12-17(2)11-18(3)27(21)37-29(24)30(31)33/h7-14,25H,15H2,1-6H3. The average Bonchev–Trinajstić information content (AvgIpc) is 3.16. The lowest BCUT2D eigenvalue weighted by atomic mass is 9.96. The summed E-state index contributed by atoms with van der Waals surface area (Å²) in [6.45, 7) is 6.12. The third kappa shape index (κ3) is 4.00. The molecule has 190 valence electrons. The van der Waals surface area contributed by atoms with E-state index < -0.39 is 6.04 Å². The summed E-state index contributed by atoms with van der Waals surface area (Å²) in [5.74, 6) is 1.03. The Labute approximate surface area is 215 Å². The van der Waals surface area contributed by atoms with Crippen LogP contribution in [0, 0.1) is 20.8 Å². The average molecular weight is 500 g/mol. The zero-order chi connectivity index (χ0) is 26.4. The van der Waals surface area contributed by atoms with E-state index in [1.807, 2.05) is 57.2 Å². The molecule has 0 radical (unpaired) electrons. The van der Waals surface area contributed by atoms with Crippen molar-refractivity contribution < 1.29 is 23.4 Å². The van der Waals surface area contributed by atoms with Gasteiger partial charge < -0.3 is 23.5 Å². The van der Waals surface area contributed by atoms with E-state index in [0.717, 1.165) is 22.3 Å². The van der Waals surface area contributed by atoms with E-state index in [1.165, 1.54) is 21.3 Å². The smallest absolute Gasteiger partial charge is 0.291 e. The quantitative estimate of drug-likeness (QED) is 0.349. The number of carbonyl (C=O) groups is 1. The maximum absolute atomic E-state index is 14.0. The number of methoxy groups -OCH3 is 3. The highest BCUT2D eigenvalue weighted by atomic mass is 16.5. The van der Waals surface area contributed by atoms with Crippen molar-refractivity contribution in [2.75, 3.05) is 21.3 Å². The van der Waals surface area contributed by atoms with Gasteiger partial charge in [0.1, 0.15) is 5.58 Å². The van der Waals surface area contributed by atoms with Crippen molar-refractivity contribution in [1.82, 2.24) is 4.90 Å². The molecule has 5 rings (SSSR count). The van der Waals surface area contributed by atoms with Gasteiger partial charge in [-0.2, -0.15) is 0 Å². The topological polar surface area (TPSA) is 78.2 Å². The van der Waals surface area contributed by atoms with Crippen molar-refractivity contribution in [3.8, 4) is 17.2 Å². The molecule has 1 atom stereocenters. The molecule has 2 heterocycles. The van der Waals surface area contributed by atoms with Gasteiger partial charge in [-0.3, -0.25) is 9.59 Å². The van der Waals surface area contributed by atoms with Crippen LogP contribution in [0.4, 0.5) is 0 Å². The van der Waals surface area contributed by atoms with E-state index in [9.17, 15) is 9.59 Å². The zero-order valence-corrected chi connectivity index (χ0v) is 21.8. The highest BCUT2D eigenvalue weighted by Gasteiger charge is 2.43. The van der Waals surface area contributed by atoms with Crippen molar-refractivity contribution in [3.63, 3.8) is 0 Å². The van der Waals surface area contributed by atoms with Crippen LogP contribution in [0.1, 0.15) is 50.0 Å². The summed E-state index contributed by atoms with van der Waals surface area (Å²) in [6, 6.07) is 14.6. The number of ether oxygens (including phenoxy) is 3. The second-order valence-corrected chi connectivity index (χ2v) is 9.41. The Morgan fingerprint density at radius 2 is 1.49 bits per heavy atom. The second kappa shape index (κ2) is 9.32. The molecule has 7 nitrogen and oxygen atoms in total. The number of hydrogen-bond donors (Lipinski definition) is 0. The summed E-state index contributed by atoms with van der Waals surface area (Å²) < 4.78 is 22.9. The predicted molar refractivity (Wildman–Crippen MR) is 141 cm³/mol. The molecule has 1 aromatic heterocycles. The molecule has 1 unspecified atom stereocenters. The summed E-state index contributed by atoms with van der Waals surface area (Å²) in [5, 5.41) is 0.457. The molecule has 1 amide bonds. The molecule has 7 heteroatoms. The Bertz CT molecular complexity index is 1560. The number of hydrogen-bond acceptors (Lipinski definition) is 6. The van der Waals surface area contributed by atoms with Crippen LogP contribution in [-0.2, 0) is 6.54 Å². The van der Waals surface area contributed by atoms with Crippen molar-refractivity contribution in [2.24, 2.45) is 0 Å². The monoisotopic (exact) mass is 499 g/mol. The van der Waals surface area contributed by atoms with Crippen LogP contribution in [0.2, 0.25) is 0 Å². The van der Waals surface area contributed by atoms with Gasteiger partial charge in [0.15, 0.2) is 16.9 Å². The number of nitrogens with zero attached hydrogens (tertiary/aromatic N) is 1. The summed E-state index contributed by atoms with van der Waals surface area (Å²) in [5.41, 5.74) is 4.99. The lowest BCUT2D eigenvalue weighted by molar-refractivity contribution is 0.0714. The summed E-state index contributed by atoms with van der Waals surface area (Å²) >= 11 is 0. The van der Waals surface area contributed by atoms with Gasteiger partial charge in [0.25, 0.3) is 5.91 Å². The second-order valence-electron chi connectivity index (χ2n) is 9.41. The van der Waals surface area contributed by atoms with Crippen LogP contribution in [0.15, 0.2) is 57.7 Å². The number of fused-ring (bicyclic) bond motifs is 2. The Balaban J connectivity index is 1.78. The molecule has 0 fully saturated rings. The SMILES string of the molecule is COc1cc(C2c3c(oc4c(C)cc(C)cc4c3=O)C(=O)N2Cc2ccc(C)cc2)cc(OC)c1OC. The predicted octanol–water partition coefficient (Wildman–Crippen LogP) is 5.49. The first kappa shape index (κ1) is 24.4. The molecule has 0 saturated heterocycles. The lowest BCUT2D eigenvalue weighted by Crippen LogP contribution is -2.29. The van der Waals surface area contributed by atoms with E-state index in [1.54, 1.807) is 17.0 Å². The molecular formula is C30H29NO6. The van der Waals surface area contributed by atoms with Gasteiger partial charge >= 0.3 is 0 Å². The molecule has 4 aromatic rings. The molecule has 0 bridgehead atoms. The fraction of sp³-hybridized carbons (Fsp3) is 0.267. The Kier molecular flexibility index (Phi) is 6.15. The largest absolute Gasteiger partial charge is 0.493 e. The van der Waals surface area contributed by atoms with Crippen molar-refractivity contribution >= 4 is 16.9 Å². The van der Waals surface area contributed by atoms with Gasteiger partial charge in [0.2, 0.25) is 11.5 Å². The van der Waals surface area contributed by atoms with Gasteiger partial charge in [-0.25, -0.2) is 0 Å². The molecule has 1 aliphatic heterocycles. The fourth-order valence-corrected chi connectivity index (χ4v) is 5.13. The number of benzene rings is 3. The van der Waals surface area contributed by atoms with Crippen LogP contribution in [0.25, 0.3) is 11.0 Å². The van der Waals surface area contributed by atoms with Crippen molar-refractivity contribution in [3.05, 3.63) is 97.9 Å².